The van der Waals surface area contributed by atoms with E-state index in [0.29, 0.717) is 6.54 Å². The number of hydrogen-bond donors (Lipinski definition) is 3. The molecule has 1 aromatic heterocycles. The van der Waals surface area contributed by atoms with E-state index in [2.05, 4.69) is 16.0 Å². The van der Waals surface area contributed by atoms with E-state index in [1.165, 1.54) is 23.5 Å². The fourth-order valence-electron chi connectivity index (χ4n) is 3.47. The van der Waals surface area contributed by atoms with E-state index in [-0.39, 0.29) is 29.7 Å². The number of carbonyl (C=O) groups is 2. The average Bonchev–Trinajstić information content (AvgIpc) is 3.25. The van der Waals surface area contributed by atoms with Gasteiger partial charge < -0.3 is 16.0 Å². The summed E-state index contributed by atoms with van der Waals surface area (Å²) in [7, 11) is 0. The van der Waals surface area contributed by atoms with Gasteiger partial charge in [0.05, 0.1) is 6.04 Å². The molecule has 1 atom stereocenters. The summed E-state index contributed by atoms with van der Waals surface area (Å²) in [6, 6.07) is 16.8. The van der Waals surface area contributed by atoms with Gasteiger partial charge in [0, 0.05) is 23.0 Å². The monoisotopic (exact) mass is 437 g/mol. The van der Waals surface area contributed by atoms with Crippen LogP contribution in [-0.4, -0.2) is 11.9 Å². The van der Waals surface area contributed by atoms with Crippen LogP contribution < -0.4 is 16.0 Å². The molecule has 160 valence electrons. The van der Waals surface area contributed by atoms with Crippen LogP contribution in [0.2, 0.25) is 0 Å². The van der Waals surface area contributed by atoms with Crippen LogP contribution in [0.1, 0.15) is 41.3 Å². The highest BCUT2D eigenvalue weighted by Gasteiger charge is 2.25. The van der Waals surface area contributed by atoms with E-state index in [1.54, 1.807) is 12.1 Å². The van der Waals surface area contributed by atoms with Crippen LogP contribution in [0.25, 0.3) is 0 Å². The predicted molar refractivity (Wildman–Crippen MR) is 120 cm³/mol. The lowest BCUT2D eigenvalue weighted by Gasteiger charge is -2.24. The van der Waals surface area contributed by atoms with Crippen LogP contribution in [-0.2, 0) is 11.3 Å². The van der Waals surface area contributed by atoms with Gasteiger partial charge in [0.2, 0.25) is 5.91 Å². The smallest absolute Gasteiger partial charge is 0.315 e. The second-order valence-electron chi connectivity index (χ2n) is 7.64. The van der Waals surface area contributed by atoms with Crippen LogP contribution in [0.15, 0.2) is 66.0 Å². The molecule has 1 heterocycles. The van der Waals surface area contributed by atoms with Crippen molar-refractivity contribution in [2.45, 2.75) is 31.8 Å². The Hall–Kier alpha value is -3.19. The van der Waals surface area contributed by atoms with Gasteiger partial charge in [-0.1, -0.05) is 36.8 Å². The minimum absolute atomic E-state index is 0.0622. The number of halogens is 1. The van der Waals surface area contributed by atoms with Crippen molar-refractivity contribution in [3.05, 3.63) is 87.9 Å². The molecule has 0 radical (unpaired) electrons. The maximum atomic E-state index is 13.3. The molecule has 3 amide bonds. The quantitative estimate of drug-likeness (QED) is 0.475. The lowest BCUT2D eigenvalue weighted by Crippen LogP contribution is -2.37. The first kappa shape index (κ1) is 21.1. The van der Waals surface area contributed by atoms with Crippen molar-refractivity contribution in [1.29, 1.82) is 0 Å². The van der Waals surface area contributed by atoms with Gasteiger partial charge in [0.15, 0.2) is 0 Å². The maximum absolute atomic E-state index is 13.3. The molecule has 0 aliphatic heterocycles. The predicted octanol–water partition coefficient (Wildman–Crippen LogP) is 5.21. The summed E-state index contributed by atoms with van der Waals surface area (Å²) < 4.78 is 13.3. The SMILES string of the molecule is O=C(NCc1cccc(NC(=O)C2CCC2)c1)NC(c1ccc(F)cc1)c1cccs1. The average molecular weight is 438 g/mol. The Morgan fingerprint density at radius 3 is 2.55 bits per heavy atom. The van der Waals surface area contributed by atoms with E-state index in [1.807, 2.05) is 41.8 Å². The molecular weight excluding hydrogens is 413 g/mol. The molecule has 0 saturated heterocycles. The van der Waals surface area contributed by atoms with Gasteiger partial charge in [-0.3, -0.25) is 4.79 Å². The number of amides is 3. The Kier molecular flexibility index (Phi) is 6.62. The standard InChI is InChI=1S/C24H24FN3O2S/c25-19-11-9-17(10-12-19)22(21-8-3-13-31-21)28-24(30)26-15-16-4-1-7-20(14-16)27-23(29)18-5-2-6-18/h1,3-4,7-14,18,22H,2,5-6,15H2,(H,27,29)(H2,26,28,30). The lowest BCUT2D eigenvalue weighted by atomic mass is 9.85. The minimum Gasteiger partial charge on any atom is -0.334 e. The molecule has 1 fully saturated rings. The van der Waals surface area contributed by atoms with Crippen molar-refractivity contribution >= 4 is 29.0 Å². The zero-order valence-corrected chi connectivity index (χ0v) is 17.8. The summed E-state index contributed by atoms with van der Waals surface area (Å²) in [4.78, 5) is 25.7. The maximum Gasteiger partial charge on any atom is 0.315 e. The van der Waals surface area contributed by atoms with Crippen molar-refractivity contribution < 1.29 is 14.0 Å². The molecule has 1 aliphatic carbocycles. The molecule has 2 aromatic carbocycles. The summed E-state index contributed by atoms with van der Waals surface area (Å²) in [5.41, 5.74) is 2.43. The van der Waals surface area contributed by atoms with Crippen LogP contribution in [0.3, 0.4) is 0 Å². The molecule has 1 saturated carbocycles. The van der Waals surface area contributed by atoms with E-state index in [9.17, 15) is 14.0 Å². The fraction of sp³-hybridized carbons (Fsp3) is 0.250. The van der Waals surface area contributed by atoms with E-state index in [0.717, 1.165) is 41.0 Å². The lowest BCUT2D eigenvalue weighted by molar-refractivity contribution is -0.122. The van der Waals surface area contributed by atoms with Crippen LogP contribution in [0.5, 0.6) is 0 Å². The Balaban J connectivity index is 1.37. The van der Waals surface area contributed by atoms with E-state index < -0.39 is 0 Å². The third-order valence-electron chi connectivity index (χ3n) is 5.43. The van der Waals surface area contributed by atoms with Gasteiger partial charge in [0.25, 0.3) is 0 Å². The molecular formula is C24H24FN3O2S. The Bertz CT molecular complexity index is 1030. The number of urea groups is 1. The highest BCUT2D eigenvalue weighted by Crippen LogP contribution is 2.28. The molecule has 3 N–H and O–H groups in total. The largest absolute Gasteiger partial charge is 0.334 e. The van der Waals surface area contributed by atoms with Crippen molar-refractivity contribution in [2.75, 3.05) is 5.32 Å². The summed E-state index contributed by atoms with van der Waals surface area (Å²) in [6.45, 7) is 0.319. The van der Waals surface area contributed by atoms with Gasteiger partial charge in [-0.25, -0.2) is 9.18 Å². The first-order valence-corrected chi connectivity index (χ1v) is 11.2. The second kappa shape index (κ2) is 9.75. The van der Waals surface area contributed by atoms with Crippen LogP contribution >= 0.6 is 11.3 Å². The normalized spacial score (nSPS) is 14.4. The van der Waals surface area contributed by atoms with E-state index >= 15 is 0 Å². The summed E-state index contributed by atoms with van der Waals surface area (Å²) in [6.07, 6.45) is 3.01. The molecule has 3 aromatic rings. The molecule has 31 heavy (non-hydrogen) atoms. The number of benzene rings is 2. The van der Waals surface area contributed by atoms with Gasteiger partial charge in [-0.2, -0.15) is 0 Å². The summed E-state index contributed by atoms with van der Waals surface area (Å²) >= 11 is 1.53. The van der Waals surface area contributed by atoms with Gasteiger partial charge >= 0.3 is 6.03 Å². The Labute approximate surface area is 184 Å². The van der Waals surface area contributed by atoms with Crippen LogP contribution in [0, 0.1) is 11.7 Å². The molecule has 7 heteroatoms. The third kappa shape index (κ3) is 5.49. The Morgan fingerprint density at radius 1 is 1.06 bits per heavy atom. The van der Waals surface area contributed by atoms with Crippen molar-refractivity contribution in [1.82, 2.24) is 10.6 Å². The molecule has 1 unspecified atom stereocenters. The van der Waals surface area contributed by atoms with Crippen molar-refractivity contribution in [2.24, 2.45) is 5.92 Å². The number of hydrogen-bond acceptors (Lipinski definition) is 3. The highest BCUT2D eigenvalue weighted by atomic mass is 32.1. The summed E-state index contributed by atoms with van der Waals surface area (Å²) in [5.74, 6) is -0.136. The van der Waals surface area contributed by atoms with E-state index in [4.69, 9.17) is 0 Å². The first-order valence-electron chi connectivity index (χ1n) is 10.3. The van der Waals surface area contributed by atoms with Crippen LogP contribution in [0.4, 0.5) is 14.9 Å². The van der Waals surface area contributed by atoms with Gasteiger partial charge in [-0.15, -0.1) is 11.3 Å². The molecule has 5 nitrogen and oxygen atoms in total. The highest BCUT2D eigenvalue weighted by molar-refractivity contribution is 7.10. The topological polar surface area (TPSA) is 70.2 Å². The zero-order chi connectivity index (χ0) is 21.6. The number of rotatable bonds is 7. The molecule has 4 rings (SSSR count). The zero-order valence-electron chi connectivity index (χ0n) is 16.9. The number of carbonyl (C=O) groups excluding carboxylic acids is 2. The number of anilines is 1. The first-order chi connectivity index (χ1) is 15.1. The fourth-order valence-corrected chi connectivity index (χ4v) is 4.27. The minimum atomic E-state index is -0.367. The molecule has 1 aliphatic rings. The van der Waals surface area contributed by atoms with Gasteiger partial charge in [-0.05, 0) is 59.7 Å². The van der Waals surface area contributed by atoms with Crippen molar-refractivity contribution in [3.63, 3.8) is 0 Å². The van der Waals surface area contributed by atoms with Gasteiger partial charge in [0.1, 0.15) is 5.82 Å². The molecule has 0 spiro atoms. The Morgan fingerprint density at radius 2 is 1.87 bits per heavy atom. The third-order valence-corrected chi connectivity index (χ3v) is 6.37. The van der Waals surface area contributed by atoms with Crippen molar-refractivity contribution in [3.8, 4) is 0 Å². The number of nitrogens with one attached hydrogen (secondary N) is 3. The number of thiophene rings is 1. The second-order valence-corrected chi connectivity index (χ2v) is 8.62. The molecule has 0 bridgehead atoms. The summed E-state index contributed by atoms with van der Waals surface area (Å²) in [5, 5.41) is 10.7.